The number of carbonyl (C=O) groups excluding carboxylic acids is 4. The number of Topliss-reactive ketones (excluding diaryl/α,β-unsaturated/α-hetero) is 1. The Morgan fingerprint density at radius 3 is 2.97 bits per heavy atom. The first-order valence-corrected chi connectivity index (χ1v) is 9.88. The molecule has 0 radical (unpaired) electrons. The molecule has 0 bridgehead atoms. The van der Waals surface area contributed by atoms with E-state index in [-0.39, 0.29) is 24.8 Å². The predicted octanol–water partition coefficient (Wildman–Crippen LogP) is 1.57. The van der Waals surface area contributed by atoms with Crippen molar-refractivity contribution in [2.75, 3.05) is 30.0 Å². The number of hydrogen-bond donors (Lipinski definition) is 1. The molecule has 0 atom stereocenters. The zero-order valence-corrected chi connectivity index (χ0v) is 16.1. The Kier molecular flexibility index (Phi) is 5.26. The highest BCUT2D eigenvalue weighted by Gasteiger charge is 2.24. The van der Waals surface area contributed by atoms with Gasteiger partial charge in [0.25, 0.3) is 5.91 Å². The van der Waals surface area contributed by atoms with Crippen molar-refractivity contribution in [3.63, 3.8) is 0 Å². The molecule has 2 aliphatic rings. The first kappa shape index (κ1) is 19.1. The van der Waals surface area contributed by atoms with Gasteiger partial charge in [0.05, 0.1) is 17.8 Å². The van der Waals surface area contributed by atoms with Crippen LogP contribution in [0.1, 0.15) is 28.9 Å². The Labute approximate surface area is 169 Å². The number of hydrogen-bond acceptors (Lipinski definition) is 8. The van der Waals surface area contributed by atoms with Crippen LogP contribution in [-0.4, -0.2) is 48.3 Å². The minimum atomic E-state index is -0.586. The molecule has 0 saturated carbocycles. The van der Waals surface area contributed by atoms with E-state index in [1.165, 1.54) is 17.4 Å². The lowest BCUT2D eigenvalue weighted by atomic mass is 10.1. The molecule has 29 heavy (non-hydrogen) atoms. The lowest BCUT2D eigenvalue weighted by molar-refractivity contribution is -0.141. The van der Waals surface area contributed by atoms with Crippen molar-refractivity contribution in [1.29, 1.82) is 0 Å². The summed E-state index contributed by atoms with van der Waals surface area (Å²) in [6.45, 7) is 0.146. The van der Waals surface area contributed by atoms with Crippen LogP contribution in [0.15, 0.2) is 23.6 Å². The maximum Gasteiger partial charge on any atom is 0.312 e. The molecule has 4 rings (SSSR count). The molecule has 2 aliphatic heterocycles. The number of aromatic nitrogens is 1. The summed E-state index contributed by atoms with van der Waals surface area (Å²) in [5.74, 6) is -0.772. The Hall–Kier alpha value is -3.27. The molecule has 3 heterocycles. The quantitative estimate of drug-likeness (QED) is 0.562. The lowest BCUT2D eigenvalue weighted by Crippen LogP contribution is -2.25. The number of thiazole rings is 1. The molecule has 0 aliphatic carbocycles. The molecule has 1 fully saturated rings. The van der Waals surface area contributed by atoms with E-state index >= 15 is 0 Å². The Morgan fingerprint density at radius 2 is 2.17 bits per heavy atom. The Bertz CT molecular complexity index is 1000. The van der Waals surface area contributed by atoms with Crippen LogP contribution in [0, 0.1) is 0 Å². The van der Waals surface area contributed by atoms with Crippen LogP contribution in [0.25, 0.3) is 0 Å². The fraction of sp³-hybridized carbons (Fsp3) is 0.316. The summed E-state index contributed by atoms with van der Waals surface area (Å²) in [6, 6.07) is 4.62. The predicted molar refractivity (Wildman–Crippen MR) is 103 cm³/mol. The molecule has 1 saturated heterocycles. The van der Waals surface area contributed by atoms with Gasteiger partial charge < -0.3 is 14.8 Å². The van der Waals surface area contributed by atoms with Crippen molar-refractivity contribution in [3.8, 4) is 5.75 Å². The van der Waals surface area contributed by atoms with E-state index in [0.29, 0.717) is 40.8 Å². The van der Waals surface area contributed by atoms with Crippen molar-refractivity contribution in [2.24, 2.45) is 0 Å². The number of esters is 1. The van der Waals surface area contributed by atoms with E-state index in [9.17, 15) is 19.2 Å². The summed E-state index contributed by atoms with van der Waals surface area (Å²) >= 11 is 1.30. The third-order valence-corrected chi connectivity index (χ3v) is 5.38. The third kappa shape index (κ3) is 4.27. The Morgan fingerprint density at radius 1 is 1.31 bits per heavy atom. The summed E-state index contributed by atoms with van der Waals surface area (Å²) < 4.78 is 10.3. The van der Waals surface area contributed by atoms with Gasteiger partial charge in [0.15, 0.2) is 24.1 Å². The lowest BCUT2D eigenvalue weighted by Gasteiger charge is -2.18. The molecule has 1 N–H and O–H groups in total. The number of benzene rings is 1. The van der Waals surface area contributed by atoms with Crippen LogP contribution >= 0.6 is 11.3 Å². The molecule has 1 aromatic carbocycles. The van der Waals surface area contributed by atoms with E-state index in [4.69, 9.17) is 9.47 Å². The minimum absolute atomic E-state index is 0.0331. The summed E-state index contributed by atoms with van der Waals surface area (Å²) in [6.07, 6.45) is 1.23. The fourth-order valence-electron chi connectivity index (χ4n) is 3.04. The van der Waals surface area contributed by atoms with E-state index in [1.807, 2.05) is 0 Å². The highest BCUT2D eigenvalue weighted by Crippen LogP contribution is 2.29. The Balaban J connectivity index is 1.31. The van der Waals surface area contributed by atoms with E-state index in [2.05, 4.69) is 10.3 Å². The topological polar surface area (TPSA) is 115 Å². The van der Waals surface area contributed by atoms with Crippen molar-refractivity contribution >= 4 is 45.7 Å². The van der Waals surface area contributed by atoms with E-state index < -0.39 is 18.4 Å². The second kappa shape index (κ2) is 8.00. The third-order valence-electron chi connectivity index (χ3n) is 4.47. The van der Waals surface area contributed by atoms with Gasteiger partial charge in [0, 0.05) is 23.9 Å². The van der Waals surface area contributed by atoms with Gasteiger partial charge in [0.1, 0.15) is 5.75 Å². The van der Waals surface area contributed by atoms with Gasteiger partial charge in [-0.1, -0.05) is 0 Å². The van der Waals surface area contributed by atoms with Crippen molar-refractivity contribution < 1.29 is 28.7 Å². The molecule has 0 spiro atoms. The number of carbonyl (C=O) groups is 4. The largest absolute Gasteiger partial charge is 0.482 e. The van der Waals surface area contributed by atoms with Crippen LogP contribution in [0.4, 0.5) is 10.8 Å². The zero-order chi connectivity index (χ0) is 20.4. The number of nitrogens with zero attached hydrogens (tertiary/aromatic N) is 2. The van der Waals surface area contributed by atoms with E-state index in [0.717, 1.165) is 6.42 Å². The zero-order valence-electron chi connectivity index (χ0n) is 15.3. The van der Waals surface area contributed by atoms with Gasteiger partial charge in [-0.3, -0.25) is 24.1 Å². The van der Waals surface area contributed by atoms with Gasteiger partial charge in [-0.25, -0.2) is 4.98 Å². The molecule has 1 aromatic heterocycles. The second-order valence-corrected chi connectivity index (χ2v) is 7.42. The average Bonchev–Trinajstić information content (AvgIpc) is 3.34. The van der Waals surface area contributed by atoms with Crippen LogP contribution < -0.4 is 15.0 Å². The smallest absolute Gasteiger partial charge is 0.312 e. The monoisotopic (exact) mass is 415 g/mol. The number of ether oxygens (including phenoxy) is 2. The van der Waals surface area contributed by atoms with Gasteiger partial charge in [-0.15, -0.1) is 11.3 Å². The summed E-state index contributed by atoms with van der Waals surface area (Å²) in [5, 5.41) is 4.90. The standard InChI is InChI=1S/C19H17N3O6S/c23-14(11-3-4-15-13(6-11)21-16(24)9-27-15)8-28-18(26)7-12-10-29-19(20-12)22-5-1-2-17(22)25/h3-4,6,10H,1-2,5,7-9H2,(H,21,24). The highest BCUT2D eigenvalue weighted by atomic mass is 32.1. The fourth-order valence-corrected chi connectivity index (χ4v) is 3.90. The molecule has 9 nitrogen and oxygen atoms in total. The summed E-state index contributed by atoms with van der Waals surface area (Å²) in [7, 11) is 0. The van der Waals surface area contributed by atoms with Crippen LogP contribution in [-0.2, 0) is 25.5 Å². The van der Waals surface area contributed by atoms with Crippen LogP contribution in [0.5, 0.6) is 5.75 Å². The number of fused-ring (bicyclic) bond motifs is 1. The molecular formula is C19H17N3O6S. The number of ketones is 1. The van der Waals surface area contributed by atoms with Gasteiger partial charge >= 0.3 is 5.97 Å². The number of nitrogens with one attached hydrogen (secondary N) is 1. The molecule has 2 amide bonds. The maximum absolute atomic E-state index is 12.3. The summed E-state index contributed by atoms with van der Waals surface area (Å²) in [4.78, 5) is 53.4. The first-order valence-electron chi connectivity index (χ1n) is 9.00. The minimum Gasteiger partial charge on any atom is -0.482 e. The van der Waals surface area contributed by atoms with Crippen LogP contribution in [0.3, 0.4) is 0 Å². The van der Waals surface area contributed by atoms with Crippen molar-refractivity contribution in [2.45, 2.75) is 19.3 Å². The first-order chi connectivity index (χ1) is 14.0. The van der Waals surface area contributed by atoms with Crippen molar-refractivity contribution in [3.05, 3.63) is 34.8 Å². The molecule has 2 aromatic rings. The highest BCUT2D eigenvalue weighted by molar-refractivity contribution is 7.14. The molecule has 10 heteroatoms. The number of amides is 2. The normalized spacial score (nSPS) is 15.5. The van der Waals surface area contributed by atoms with Crippen LogP contribution in [0.2, 0.25) is 0 Å². The molecule has 0 unspecified atom stereocenters. The maximum atomic E-state index is 12.3. The number of rotatable bonds is 6. The molecule has 150 valence electrons. The average molecular weight is 415 g/mol. The second-order valence-electron chi connectivity index (χ2n) is 6.58. The van der Waals surface area contributed by atoms with E-state index in [1.54, 1.807) is 22.4 Å². The van der Waals surface area contributed by atoms with Gasteiger partial charge in [0.2, 0.25) is 5.91 Å². The summed E-state index contributed by atoms with van der Waals surface area (Å²) in [5.41, 5.74) is 1.20. The van der Waals surface area contributed by atoms with Gasteiger partial charge in [-0.05, 0) is 24.6 Å². The SMILES string of the molecule is O=C1COc2ccc(C(=O)COC(=O)Cc3csc(N4CCCC4=O)n3)cc2N1. The van der Waals surface area contributed by atoms with Crippen molar-refractivity contribution in [1.82, 2.24) is 4.98 Å². The number of anilines is 2. The van der Waals surface area contributed by atoms with Gasteiger partial charge in [-0.2, -0.15) is 0 Å². The molecular weight excluding hydrogens is 398 g/mol.